The average molecular weight is 354 g/mol. The highest BCUT2D eigenvalue weighted by atomic mass is 16.5. The molecule has 140 valence electrons. The van der Waals surface area contributed by atoms with Crippen LogP contribution in [0.3, 0.4) is 0 Å². The maximum atomic E-state index is 13.5. The molecule has 4 nitrogen and oxygen atoms in total. The van der Waals surface area contributed by atoms with E-state index in [-0.39, 0.29) is 11.9 Å². The van der Waals surface area contributed by atoms with Crippen LogP contribution < -0.4 is 4.90 Å². The smallest absolute Gasteiger partial charge is 0.261 e. The minimum Gasteiger partial charge on any atom is -0.381 e. The molecular weight excluding hydrogens is 324 g/mol. The van der Waals surface area contributed by atoms with Crippen molar-refractivity contribution in [2.24, 2.45) is 5.92 Å². The number of ether oxygens (including phenoxy) is 1. The number of likely N-dealkylation sites (tertiary alicyclic amines) is 1. The average Bonchev–Trinajstić information content (AvgIpc) is 3.15. The molecule has 0 aliphatic carbocycles. The highest BCUT2D eigenvalue weighted by Crippen LogP contribution is 2.44. The maximum absolute atomic E-state index is 13.5. The molecule has 3 aliphatic heterocycles. The van der Waals surface area contributed by atoms with Crippen LogP contribution in [0.15, 0.2) is 23.9 Å². The molecule has 1 amide bonds. The van der Waals surface area contributed by atoms with Gasteiger partial charge in [-0.3, -0.25) is 4.79 Å². The monoisotopic (exact) mass is 354 g/mol. The van der Waals surface area contributed by atoms with Crippen molar-refractivity contribution in [1.82, 2.24) is 4.90 Å². The first-order chi connectivity index (χ1) is 12.6. The molecule has 0 bridgehead atoms. The summed E-state index contributed by atoms with van der Waals surface area (Å²) in [6.45, 7) is 7.04. The molecule has 4 heteroatoms. The summed E-state index contributed by atoms with van der Waals surface area (Å²) in [5.41, 5.74) is 5.78. The van der Waals surface area contributed by atoms with Crippen molar-refractivity contribution in [3.63, 3.8) is 0 Å². The van der Waals surface area contributed by atoms with E-state index in [1.165, 1.54) is 11.3 Å². The molecule has 1 aromatic rings. The number of carbonyl (C=O) groups excluding carboxylic acids is 1. The van der Waals surface area contributed by atoms with Crippen molar-refractivity contribution in [3.05, 3.63) is 35.0 Å². The fraction of sp³-hybridized carbons (Fsp3) is 0.591. The zero-order valence-electron chi connectivity index (χ0n) is 16.3. The number of allylic oxidation sites excluding steroid dienone is 1. The number of benzene rings is 1. The lowest BCUT2D eigenvalue weighted by Crippen LogP contribution is -2.41. The molecule has 0 unspecified atom stereocenters. The Morgan fingerprint density at radius 1 is 1.23 bits per heavy atom. The number of rotatable bonds is 3. The van der Waals surface area contributed by atoms with Gasteiger partial charge in [0.25, 0.3) is 5.91 Å². The standard InChI is InChI=1S/C22H30N2O2/c1-15(2)13-16-6-7-19-18(14-16)21(20-5-4-10-23(20)3)22(25)24(19)17-8-11-26-12-9-17/h6-7,14-15,17H,4-5,8-13H2,1-3H3/b21-20-. The van der Waals surface area contributed by atoms with Gasteiger partial charge in [-0.15, -0.1) is 0 Å². The first kappa shape index (κ1) is 17.6. The normalized spacial score (nSPS) is 24.1. The highest BCUT2D eigenvalue weighted by Gasteiger charge is 2.40. The predicted molar refractivity (Wildman–Crippen MR) is 105 cm³/mol. The molecule has 0 aromatic heterocycles. The Hall–Kier alpha value is -1.81. The minimum absolute atomic E-state index is 0.206. The number of hydrogen-bond donors (Lipinski definition) is 0. The largest absolute Gasteiger partial charge is 0.381 e. The fourth-order valence-corrected chi connectivity index (χ4v) is 4.65. The van der Waals surface area contributed by atoms with Crippen LogP contribution in [0.1, 0.15) is 50.7 Å². The van der Waals surface area contributed by atoms with Crippen molar-refractivity contribution >= 4 is 17.2 Å². The van der Waals surface area contributed by atoms with E-state index in [0.29, 0.717) is 5.92 Å². The molecule has 0 spiro atoms. The van der Waals surface area contributed by atoms with Gasteiger partial charge in [-0.25, -0.2) is 0 Å². The van der Waals surface area contributed by atoms with Gasteiger partial charge in [-0.2, -0.15) is 0 Å². The van der Waals surface area contributed by atoms with Crippen molar-refractivity contribution < 1.29 is 9.53 Å². The molecule has 1 aromatic carbocycles. The van der Waals surface area contributed by atoms with Crippen LogP contribution >= 0.6 is 0 Å². The molecule has 0 N–H and O–H groups in total. The van der Waals surface area contributed by atoms with E-state index < -0.39 is 0 Å². The van der Waals surface area contributed by atoms with E-state index in [4.69, 9.17) is 4.74 Å². The summed E-state index contributed by atoms with van der Waals surface area (Å²) in [4.78, 5) is 17.9. The zero-order chi connectivity index (χ0) is 18.3. The summed E-state index contributed by atoms with van der Waals surface area (Å²) in [5.74, 6) is 0.819. The van der Waals surface area contributed by atoms with Gasteiger partial charge in [0.15, 0.2) is 0 Å². The molecule has 4 rings (SSSR count). The van der Waals surface area contributed by atoms with E-state index >= 15 is 0 Å². The minimum atomic E-state index is 0.206. The molecule has 3 heterocycles. The van der Waals surface area contributed by atoms with Crippen LogP contribution in [0.25, 0.3) is 5.57 Å². The van der Waals surface area contributed by atoms with Gasteiger partial charge < -0.3 is 14.5 Å². The molecule has 26 heavy (non-hydrogen) atoms. The van der Waals surface area contributed by atoms with Crippen LogP contribution in [-0.4, -0.2) is 43.7 Å². The SMILES string of the molecule is CC(C)Cc1ccc2c(c1)/C(=C1\CCCN1C)C(=O)N2C1CCOCC1. The second-order valence-electron chi connectivity index (χ2n) is 8.31. The molecule has 2 fully saturated rings. The summed E-state index contributed by atoms with van der Waals surface area (Å²) in [5, 5.41) is 0. The summed E-state index contributed by atoms with van der Waals surface area (Å²) in [7, 11) is 2.12. The van der Waals surface area contributed by atoms with Crippen LogP contribution in [0.2, 0.25) is 0 Å². The summed E-state index contributed by atoms with van der Waals surface area (Å²) >= 11 is 0. The van der Waals surface area contributed by atoms with Crippen molar-refractivity contribution in [2.75, 3.05) is 31.7 Å². The lowest BCUT2D eigenvalue weighted by atomic mass is 9.97. The van der Waals surface area contributed by atoms with Gasteiger partial charge >= 0.3 is 0 Å². The van der Waals surface area contributed by atoms with E-state index in [2.05, 4.69) is 48.9 Å². The second kappa shape index (κ2) is 7.07. The number of anilines is 1. The summed E-state index contributed by atoms with van der Waals surface area (Å²) in [6.07, 6.45) is 5.06. The molecule has 3 aliphatic rings. The topological polar surface area (TPSA) is 32.8 Å². The maximum Gasteiger partial charge on any atom is 0.261 e. The molecular formula is C22H30N2O2. The van der Waals surface area contributed by atoms with Crippen LogP contribution in [-0.2, 0) is 16.0 Å². The van der Waals surface area contributed by atoms with Gasteiger partial charge in [0.1, 0.15) is 0 Å². The Bertz CT molecular complexity index is 732. The summed E-state index contributed by atoms with van der Waals surface area (Å²) < 4.78 is 5.53. The molecule has 0 radical (unpaired) electrons. The van der Waals surface area contributed by atoms with Crippen LogP contribution in [0.4, 0.5) is 5.69 Å². The van der Waals surface area contributed by atoms with Gasteiger partial charge in [-0.1, -0.05) is 19.9 Å². The molecule has 2 saturated heterocycles. The zero-order valence-corrected chi connectivity index (χ0v) is 16.3. The number of amides is 1. The predicted octanol–water partition coefficient (Wildman–Crippen LogP) is 3.85. The first-order valence-electron chi connectivity index (χ1n) is 10.0. The van der Waals surface area contributed by atoms with Crippen LogP contribution in [0.5, 0.6) is 0 Å². The third kappa shape index (κ3) is 3.05. The van der Waals surface area contributed by atoms with E-state index in [1.807, 2.05) is 0 Å². The van der Waals surface area contributed by atoms with Gasteiger partial charge in [0.2, 0.25) is 0 Å². The lowest BCUT2D eigenvalue weighted by molar-refractivity contribution is -0.113. The Kier molecular flexibility index (Phi) is 4.78. The van der Waals surface area contributed by atoms with E-state index in [1.54, 1.807) is 0 Å². The molecule has 0 atom stereocenters. The third-order valence-electron chi connectivity index (χ3n) is 5.88. The van der Waals surface area contributed by atoms with Crippen molar-refractivity contribution in [1.29, 1.82) is 0 Å². The van der Waals surface area contributed by atoms with Gasteiger partial charge in [-0.05, 0) is 55.7 Å². The Labute approximate surface area is 156 Å². The van der Waals surface area contributed by atoms with E-state index in [9.17, 15) is 4.79 Å². The Morgan fingerprint density at radius 3 is 2.65 bits per heavy atom. The van der Waals surface area contributed by atoms with E-state index in [0.717, 1.165) is 68.7 Å². The second-order valence-corrected chi connectivity index (χ2v) is 8.31. The summed E-state index contributed by atoms with van der Waals surface area (Å²) in [6, 6.07) is 6.93. The number of hydrogen-bond acceptors (Lipinski definition) is 3. The van der Waals surface area contributed by atoms with Gasteiger partial charge in [0.05, 0.1) is 11.3 Å². The number of nitrogens with zero attached hydrogens (tertiary/aromatic N) is 2. The van der Waals surface area contributed by atoms with Crippen LogP contribution in [0, 0.1) is 5.92 Å². The Balaban J connectivity index is 1.80. The van der Waals surface area contributed by atoms with Crippen molar-refractivity contribution in [3.8, 4) is 0 Å². The third-order valence-corrected chi connectivity index (χ3v) is 5.88. The number of carbonyl (C=O) groups is 1. The Morgan fingerprint density at radius 2 is 2.00 bits per heavy atom. The fourth-order valence-electron chi connectivity index (χ4n) is 4.65. The molecule has 0 saturated carbocycles. The quantitative estimate of drug-likeness (QED) is 0.773. The highest BCUT2D eigenvalue weighted by molar-refractivity contribution is 6.33. The number of fused-ring (bicyclic) bond motifs is 1. The van der Waals surface area contributed by atoms with Gasteiger partial charge in [0, 0.05) is 44.1 Å². The first-order valence-corrected chi connectivity index (χ1v) is 10.0. The lowest BCUT2D eigenvalue weighted by Gasteiger charge is -2.31. The van der Waals surface area contributed by atoms with Crippen molar-refractivity contribution in [2.45, 2.75) is 52.0 Å².